The van der Waals surface area contributed by atoms with Crippen LogP contribution in [-0.2, 0) is 0 Å². The van der Waals surface area contributed by atoms with Crippen LogP contribution in [0.4, 0.5) is 5.69 Å². The van der Waals surface area contributed by atoms with E-state index in [4.69, 9.17) is 11.6 Å². The van der Waals surface area contributed by atoms with Gasteiger partial charge in [0.2, 0.25) is 0 Å². The number of hydrogen-bond donors (Lipinski definition) is 1. The number of nitrogens with zero attached hydrogens (tertiary/aromatic N) is 2. The lowest BCUT2D eigenvalue weighted by molar-refractivity contribution is -0.386. The second-order valence-electron chi connectivity index (χ2n) is 6.24. The quantitative estimate of drug-likeness (QED) is 0.681. The van der Waals surface area contributed by atoms with E-state index in [1.54, 1.807) is 12.1 Å². The number of rotatable bonds is 4. The Morgan fingerprint density at radius 3 is 2.59 bits per heavy atom. The molecule has 120 valence electrons. The van der Waals surface area contributed by atoms with Crippen LogP contribution in [-0.4, -0.2) is 36.0 Å². The number of hydrogen-bond acceptors (Lipinski definition) is 4. The van der Waals surface area contributed by atoms with Gasteiger partial charge in [0.25, 0.3) is 5.69 Å². The van der Waals surface area contributed by atoms with Gasteiger partial charge in [-0.2, -0.15) is 0 Å². The zero-order valence-corrected chi connectivity index (χ0v) is 13.4. The van der Waals surface area contributed by atoms with Crippen LogP contribution in [0.1, 0.15) is 37.3 Å². The minimum absolute atomic E-state index is 0.115. The third-order valence-corrected chi connectivity index (χ3v) is 5.13. The van der Waals surface area contributed by atoms with Crippen LogP contribution in [0.15, 0.2) is 18.2 Å². The van der Waals surface area contributed by atoms with Crippen molar-refractivity contribution in [2.24, 2.45) is 5.92 Å². The molecule has 1 aromatic rings. The van der Waals surface area contributed by atoms with Crippen molar-refractivity contribution in [3.05, 3.63) is 38.9 Å². The van der Waals surface area contributed by atoms with Crippen molar-refractivity contribution in [3.63, 3.8) is 0 Å². The van der Waals surface area contributed by atoms with Crippen molar-refractivity contribution >= 4 is 17.3 Å². The fourth-order valence-electron chi connectivity index (χ4n) is 3.91. The van der Waals surface area contributed by atoms with Crippen molar-refractivity contribution in [1.82, 2.24) is 10.2 Å². The number of benzene rings is 1. The molecule has 1 saturated heterocycles. The fraction of sp³-hybridized carbons (Fsp3) is 0.625. The molecule has 2 fully saturated rings. The average molecular weight is 324 g/mol. The van der Waals surface area contributed by atoms with Gasteiger partial charge in [-0.15, -0.1) is 0 Å². The first-order valence-corrected chi connectivity index (χ1v) is 8.43. The maximum absolute atomic E-state index is 11.5. The normalized spacial score (nSPS) is 21.9. The first kappa shape index (κ1) is 15.7. The maximum atomic E-state index is 11.5. The van der Waals surface area contributed by atoms with Crippen molar-refractivity contribution in [1.29, 1.82) is 0 Å². The van der Waals surface area contributed by atoms with Gasteiger partial charge in [0.05, 0.1) is 4.92 Å². The van der Waals surface area contributed by atoms with E-state index < -0.39 is 0 Å². The van der Waals surface area contributed by atoms with Gasteiger partial charge in [0.15, 0.2) is 0 Å². The van der Waals surface area contributed by atoms with Crippen molar-refractivity contribution in [2.45, 2.75) is 31.7 Å². The van der Waals surface area contributed by atoms with E-state index in [0.717, 1.165) is 44.6 Å². The summed E-state index contributed by atoms with van der Waals surface area (Å²) in [6, 6.07) is 5.10. The van der Waals surface area contributed by atoms with E-state index in [-0.39, 0.29) is 16.7 Å². The minimum atomic E-state index is -0.268. The Labute approximate surface area is 135 Å². The van der Waals surface area contributed by atoms with Gasteiger partial charge >= 0.3 is 0 Å². The fourth-order valence-corrected chi connectivity index (χ4v) is 4.09. The highest BCUT2D eigenvalue weighted by Crippen LogP contribution is 2.43. The molecule has 3 rings (SSSR count). The largest absolute Gasteiger partial charge is 0.314 e. The first-order valence-electron chi connectivity index (χ1n) is 8.05. The number of nitro groups is 1. The van der Waals surface area contributed by atoms with Crippen molar-refractivity contribution < 1.29 is 4.92 Å². The monoisotopic (exact) mass is 323 g/mol. The van der Waals surface area contributed by atoms with Crippen LogP contribution in [0.25, 0.3) is 0 Å². The predicted molar refractivity (Wildman–Crippen MR) is 87.2 cm³/mol. The molecule has 0 unspecified atom stereocenters. The molecule has 1 aliphatic carbocycles. The molecular formula is C16H22ClN3O2. The lowest BCUT2D eigenvalue weighted by atomic mass is 9.88. The number of nitro benzene ring substituents is 1. The average Bonchev–Trinajstić information content (AvgIpc) is 3.02. The summed E-state index contributed by atoms with van der Waals surface area (Å²) in [5, 5.41) is 15.4. The van der Waals surface area contributed by atoms with E-state index in [2.05, 4.69) is 10.2 Å². The Bertz CT molecular complexity index is 540. The Hall–Kier alpha value is -1.17. The number of nitrogens with one attached hydrogen (secondary N) is 1. The molecule has 1 saturated carbocycles. The molecule has 5 nitrogen and oxygen atoms in total. The second-order valence-corrected chi connectivity index (χ2v) is 6.67. The van der Waals surface area contributed by atoms with E-state index in [0.29, 0.717) is 10.9 Å². The van der Waals surface area contributed by atoms with Crippen LogP contribution < -0.4 is 5.32 Å². The van der Waals surface area contributed by atoms with Crippen LogP contribution in [0.2, 0.25) is 5.02 Å². The van der Waals surface area contributed by atoms with E-state index in [9.17, 15) is 10.1 Å². The third kappa shape index (κ3) is 3.26. The molecule has 2 aliphatic rings. The third-order valence-electron chi connectivity index (χ3n) is 4.90. The molecule has 1 aliphatic heterocycles. The van der Waals surface area contributed by atoms with Crippen LogP contribution in [0.3, 0.4) is 0 Å². The summed E-state index contributed by atoms with van der Waals surface area (Å²) in [5.74, 6) is 0.496. The van der Waals surface area contributed by atoms with E-state index in [1.807, 2.05) is 6.07 Å². The van der Waals surface area contributed by atoms with Crippen molar-refractivity contribution in [3.8, 4) is 0 Å². The van der Waals surface area contributed by atoms with Gasteiger partial charge in [-0.05, 0) is 30.9 Å². The van der Waals surface area contributed by atoms with Crippen LogP contribution in [0, 0.1) is 16.0 Å². The van der Waals surface area contributed by atoms with Crippen molar-refractivity contribution in [2.75, 3.05) is 26.2 Å². The summed E-state index contributed by atoms with van der Waals surface area (Å²) in [7, 11) is 0. The topological polar surface area (TPSA) is 58.4 Å². The van der Waals surface area contributed by atoms with Gasteiger partial charge in [-0.25, -0.2) is 0 Å². The maximum Gasteiger partial charge on any atom is 0.274 e. The van der Waals surface area contributed by atoms with Gasteiger partial charge in [-0.3, -0.25) is 15.0 Å². The molecule has 0 aromatic heterocycles. The Morgan fingerprint density at radius 1 is 1.27 bits per heavy atom. The smallest absolute Gasteiger partial charge is 0.274 e. The first-order chi connectivity index (χ1) is 10.7. The van der Waals surface area contributed by atoms with Gasteiger partial charge in [0, 0.05) is 48.9 Å². The standard InChI is InChI=1S/C16H22ClN3O2/c17-13-5-6-15(20(21)22)14(11-13)16(12-3-1-2-4-12)19-9-7-18-8-10-19/h5-6,11-12,16,18H,1-4,7-10H2/t16-/m1/s1. The summed E-state index contributed by atoms with van der Waals surface area (Å²) in [5.41, 5.74) is 1.01. The number of halogens is 1. The Morgan fingerprint density at radius 2 is 1.95 bits per heavy atom. The lowest BCUT2D eigenvalue weighted by Crippen LogP contribution is -2.46. The van der Waals surface area contributed by atoms with Gasteiger partial charge in [0.1, 0.15) is 0 Å². The zero-order valence-electron chi connectivity index (χ0n) is 12.6. The van der Waals surface area contributed by atoms with Crippen LogP contribution >= 0.6 is 11.6 Å². The molecule has 0 radical (unpaired) electrons. The molecule has 1 aromatic carbocycles. The lowest BCUT2D eigenvalue weighted by Gasteiger charge is -2.38. The molecule has 1 atom stereocenters. The van der Waals surface area contributed by atoms with E-state index in [1.165, 1.54) is 12.8 Å². The molecule has 22 heavy (non-hydrogen) atoms. The summed E-state index contributed by atoms with van der Waals surface area (Å²) in [6.45, 7) is 3.75. The highest BCUT2D eigenvalue weighted by Gasteiger charge is 2.35. The van der Waals surface area contributed by atoms with Gasteiger partial charge < -0.3 is 5.32 Å². The Kier molecular flexibility index (Phi) is 4.96. The highest BCUT2D eigenvalue weighted by atomic mass is 35.5. The van der Waals surface area contributed by atoms with Gasteiger partial charge in [-0.1, -0.05) is 24.4 Å². The zero-order chi connectivity index (χ0) is 15.5. The van der Waals surface area contributed by atoms with E-state index >= 15 is 0 Å². The summed E-state index contributed by atoms with van der Waals surface area (Å²) in [4.78, 5) is 13.6. The molecule has 0 amide bonds. The summed E-state index contributed by atoms with van der Waals surface area (Å²) in [6.07, 6.45) is 4.75. The highest BCUT2D eigenvalue weighted by molar-refractivity contribution is 6.30. The minimum Gasteiger partial charge on any atom is -0.314 e. The summed E-state index contributed by atoms with van der Waals surface area (Å²) < 4.78 is 0. The second kappa shape index (κ2) is 6.94. The number of piperazine rings is 1. The molecule has 6 heteroatoms. The molecule has 0 bridgehead atoms. The molecule has 1 heterocycles. The molecule has 0 spiro atoms. The molecule has 1 N–H and O–H groups in total. The van der Waals surface area contributed by atoms with Crippen LogP contribution in [0.5, 0.6) is 0 Å². The SMILES string of the molecule is O=[N+]([O-])c1ccc(Cl)cc1[C@@H](C1CCCC1)N1CCNCC1. The Balaban J connectivity index is 2.00. The summed E-state index contributed by atoms with van der Waals surface area (Å²) >= 11 is 6.16. The molecular weight excluding hydrogens is 302 g/mol. The predicted octanol–water partition coefficient (Wildman–Crippen LogP) is 3.38.